The van der Waals surface area contributed by atoms with Crippen LogP contribution in [0.15, 0.2) is 18.2 Å². The molecule has 1 saturated carbocycles. The molecule has 1 nitrogen and oxygen atoms in total. The first-order valence-electron chi connectivity index (χ1n) is 6.52. The van der Waals surface area contributed by atoms with Crippen LogP contribution in [0, 0.1) is 17.7 Å². The number of rotatable bonds is 1. The van der Waals surface area contributed by atoms with Crippen LogP contribution in [0.5, 0.6) is 0 Å². The molecule has 2 fully saturated rings. The monoisotopic (exact) mass is 309 g/mol. The van der Waals surface area contributed by atoms with E-state index in [9.17, 15) is 17.6 Å². The molecule has 112 valence electrons. The summed E-state index contributed by atoms with van der Waals surface area (Å²) in [7, 11) is 0. The van der Waals surface area contributed by atoms with Crippen molar-refractivity contribution in [3.63, 3.8) is 0 Å². The summed E-state index contributed by atoms with van der Waals surface area (Å²) in [6.07, 6.45) is -2.95. The Morgan fingerprint density at radius 1 is 1.05 bits per heavy atom. The maximum Gasteiger partial charge on any atom is 0.416 e. The third kappa shape index (κ3) is 2.79. The molecule has 1 aromatic rings. The van der Waals surface area contributed by atoms with Gasteiger partial charge in [0.05, 0.1) is 5.56 Å². The number of halogens is 5. The first-order valence-corrected chi connectivity index (χ1v) is 6.52. The fourth-order valence-electron chi connectivity index (χ4n) is 3.55. The molecule has 0 amide bonds. The topological polar surface area (TPSA) is 12.0 Å². The lowest BCUT2D eigenvalue weighted by Gasteiger charge is -2.18. The minimum Gasteiger partial charge on any atom is -0.316 e. The Bertz CT molecular complexity index is 477. The predicted octanol–water partition coefficient (Wildman–Crippen LogP) is 3.98. The van der Waals surface area contributed by atoms with Crippen molar-refractivity contribution in [2.75, 3.05) is 13.1 Å². The minimum absolute atomic E-state index is 0. The predicted molar refractivity (Wildman–Crippen MR) is 70.5 cm³/mol. The van der Waals surface area contributed by atoms with E-state index in [0.29, 0.717) is 11.8 Å². The van der Waals surface area contributed by atoms with Crippen molar-refractivity contribution in [3.8, 4) is 0 Å². The zero-order chi connectivity index (χ0) is 13.6. The van der Waals surface area contributed by atoms with E-state index in [0.717, 1.165) is 44.1 Å². The average Bonchev–Trinajstić information content (AvgIpc) is 2.86. The molecular formula is C14H16ClF4N. The average molecular weight is 310 g/mol. The van der Waals surface area contributed by atoms with Crippen molar-refractivity contribution in [2.45, 2.75) is 24.9 Å². The van der Waals surface area contributed by atoms with Gasteiger partial charge in [0, 0.05) is 0 Å². The number of nitrogens with one attached hydrogen (secondary N) is 1. The molecule has 0 aromatic heterocycles. The van der Waals surface area contributed by atoms with Gasteiger partial charge in [-0.15, -0.1) is 12.4 Å². The molecule has 20 heavy (non-hydrogen) atoms. The quantitative estimate of drug-likeness (QED) is 0.774. The molecule has 0 spiro atoms. The van der Waals surface area contributed by atoms with Gasteiger partial charge in [0.15, 0.2) is 0 Å². The van der Waals surface area contributed by atoms with E-state index >= 15 is 0 Å². The first-order chi connectivity index (χ1) is 8.95. The van der Waals surface area contributed by atoms with Crippen molar-refractivity contribution >= 4 is 12.4 Å². The maximum absolute atomic E-state index is 13.3. The third-order valence-electron chi connectivity index (χ3n) is 4.41. The second-order valence-corrected chi connectivity index (χ2v) is 5.58. The Balaban J connectivity index is 0.00000147. The molecule has 3 atom stereocenters. The van der Waals surface area contributed by atoms with E-state index in [1.54, 1.807) is 0 Å². The van der Waals surface area contributed by atoms with Gasteiger partial charge in [-0.25, -0.2) is 4.39 Å². The van der Waals surface area contributed by atoms with Crippen LogP contribution < -0.4 is 5.32 Å². The third-order valence-corrected chi connectivity index (χ3v) is 4.41. The van der Waals surface area contributed by atoms with E-state index < -0.39 is 17.6 Å². The van der Waals surface area contributed by atoms with Gasteiger partial charge in [-0.2, -0.15) is 13.2 Å². The van der Waals surface area contributed by atoms with E-state index in [1.807, 2.05) is 0 Å². The van der Waals surface area contributed by atoms with Gasteiger partial charge in [0.2, 0.25) is 0 Å². The van der Waals surface area contributed by atoms with E-state index in [2.05, 4.69) is 5.32 Å². The summed E-state index contributed by atoms with van der Waals surface area (Å²) in [5.74, 6) is 0.131. The summed E-state index contributed by atoms with van der Waals surface area (Å²) in [5, 5.41) is 3.26. The highest BCUT2D eigenvalue weighted by molar-refractivity contribution is 5.85. The van der Waals surface area contributed by atoms with Crippen LogP contribution >= 0.6 is 12.4 Å². The molecule has 2 aliphatic rings. The zero-order valence-corrected chi connectivity index (χ0v) is 11.5. The Kier molecular flexibility index (Phi) is 4.30. The summed E-state index contributed by atoms with van der Waals surface area (Å²) in [6, 6.07) is 2.84. The molecular weight excluding hydrogens is 294 g/mol. The summed E-state index contributed by atoms with van der Waals surface area (Å²) >= 11 is 0. The van der Waals surface area contributed by atoms with Gasteiger partial charge < -0.3 is 5.32 Å². The van der Waals surface area contributed by atoms with Crippen LogP contribution in [0.3, 0.4) is 0 Å². The van der Waals surface area contributed by atoms with Gasteiger partial charge in [0.1, 0.15) is 5.82 Å². The zero-order valence-electron chi connectivity index (χ0n) is 10.7. The molecule has 1 saturated heterocycles. The first kappa shape index (κ1) is 15.6. The lowest BCUT2D eigenvalue weighted by atomic mass is 9.91. The molecule has 3 rings (SSSR count). The van der Waals surface area contributed by atoms with E-state index in [-0.39, 0.29) is 23.9 Å². The van der Waals surface area contributed by atoms with Gasteiger partial charge in [-0.3, -0.25) is 0 Å². The van der Waals surface area contributed by atoms with Crippen molar-refractivity contribution < 1.29 is 17.6 Å². The Morgan fingerprint density at radius 2 is 1.65 bits per heavy atom. The second kappa shape index (κ2) is 5.53. The lowest BCUT2D eigenvalue weighted by Crippen LogP contribution is -2.15. The normalized spacial score (nSPS) is 29.1. The van der Waals surface area contributed by atoms with Crippen LogP contribution in [0.25, 0.3) is 0 Å². The largest absolute Gasteiger partial charge is 0.416 e. The smallest absolute Gasteiger partial charge is 0.316 e. The number of hydrogen-bond donors (Lipinski definition) is 1. The molecule has 1 heterocycles. The molecule has 1 N–H and O–H groups in total. The molecule has 1 unspecified atom stereocenters. The molecule has 0 bridgehead atoms. The number of alkyl halides is 3. The van der Waals surface area contributed by atoms with Gasteiger partial charge >= 0.3 is 6.18 Å². The highest BCUT2D eigenvalue weighted by Gasteiger charge is 2.42. The summed E-state index contributed by atoms with van der Waals surface area (Å²) < 4.78 is 52.3. The van der Waals surface area contributed by atoms with Gasteiger partial charge in [-0.05, 0) is 67.4 Å². The fourth-order valence-corrected chi connectivity index (χ4v) is 3.55. The lowest BCUT2D eigenvalue weighted by molar-refractivity contribution is -0.138. The summed E-state index contributed by atoms with van der Waals surface area (Å²) in [6.45, 7) is 1.75. The van der Waals surface area contributed by atoms with Crippen LogP contribution in [0.2, 0.25) is 0 Å². The van der Waals surface area contributed by atoms with Crippen LogP contribution in [0.4, 0.5) is 17.6 Å². The number of benzene rings is 1. The minimum atomic E-state index is -4.40. The Labute approximate surface area is 121 Å². The van der Waals surface area contributed by atoms with Crippen molar-refractivity contribution in [1.82, 2.24) is 5.32 Å². The van der Waals surface area contributed by atoms with Gasteiger partial charge in [-0.1, -0.05) is 0 Å². The Morgan fingerprint density at radius 3 is 2.20 bits per heavy atom. The molecule has 1 aliphatic carbocycles. The molecule has 6 heteroatoms. The standard InChI is InChI=1S/C14H15F4N.ClH/c15-11-1-2-13(14(16,17)18)12(5-11)8-3-9-6-19-7-10(9)4-8;/h1-2,5,8-10,19H,3-4,6-7H2;1H/t8?,9-,10+;. The number of fused-ring (bicyclic) bond motifs is 1. The highest BCUT2D eigenvalue weighted by atomic mass is 35.5. The number of hydrogen-bond acceptors (Lipinski definition) is 1. The summed E-state index contributed by atoms with van der Waals surface area (Å²) in [5.41, 5.74) is -0.534. The molecule has 0 radical (unpaired) electrons. The SMILES string of the molecule is Cl.Fc1ccc(C(F)(F)F)c(C2C[C@H]3CNC[C@H]3C2)c1. The summed E-state index contributed by atoms with van der Waals surface area (Å²) in [4.78, 5) is 0. The van der Waals surface area contributed by atoms with Crippen LogP contribution in [0.1, 0.15) is 29.9 Å². The van der Waals surface area contributed by atoms with E-state index in [4.69, 9.17) is 0 Å². The van der Waals surface area contributed by atoms with Crippen molar-refractivity contribution in [3.05, 3.63) is 35.1 Å². The van der Waals surface area contributed by atoms with Crippen LogP contribution in [-0.2, 0) is 6.18 Å². The second-order valence-electron chi connectivity index (χ2n) is 5.58. The molecule has 1 aliphatic heterocycles. The van der Waals surface area contributed by atoms with Crippen LogP contribution in [-0.4, -0.2) is 13.1 Å². The van der Waals surface area contributed by atoms with E-state index in [1.165, 1.54) is 0 Å². The maximum atomic E-state index is 13.3. The highest BCUT2D eigenvalue weighted by Crippen LogP contribution is 2.47. The Hall–Kier alpha value is -0.810. The van der Waals surface area contributed by atoms with Gasteiger partial charge in [0.25, 0.3) is 0 Å². The van der Waals surface area contributed by atoms with Crippen molar-refractivity contribution in [2.24, 2.45) is 11.8 Å². The fraction of sp³-hybridized carbons (Fsp3) is 0.571. The van der Waals surface area contributed by atoms with Crippen molar-refractivity contribution in [1.29, 1.82) is 0 Å². The molecule has 1 aromatic carbocycles.